The summed E-state index contributed by atoms with van der Waals surface area (Å²) in [6, 6.07) is 15.3. The Balaban J connectivity index is 2.08. The van der Waals surface area contributed by atoms with Gasteiger partial charge in [0.25, 0.3) is 0 Å². The van der Waals surface area contributed by atoms with Crippen molar-refractivity contribution in [2.75, 3.05) is 5.32 Å². The van der Waals surface area contributed by atoms with Crippen molar-refractivity contribution >= 4 is 22.4 Å². The Kier molecular flexibility index (Phi) is 2.79. The van der Waals surface area contributed by atoms with E-state index in [-0.39, 0.29) is 0 Å². The van der Waals surface area contributed by atoms with Crippen LogP contribution in [0.3, 0.4) is 0 Å². The van der Waals surface area contributed by atoms with E-state index in [4.69, 9.17) is 0 Å². The number of nitriles is 1. The van der Waals surface area contributed by atoms with Gasteiger partial charge in [-0.1, -0.05) is 18.2 Å². The van der Waals surface area contributed by atoms with Gasteiger partial charge in [-0.05, 0) is 24.3 Å². The van der Waals surface area contributed by atoms with Crippen molar-refractivity contribution in [1.82, 2.24) is 9.97 Å². The van der Waals surface area contributed by atoms with Gasteiger partial charge in [0, 0.05) is 11.6 Å². The van der Waals surface area contributed by atoms with Crippen molar-refractivity contribution in [3.05, 3.63) is 60.4 Å². The van der Waals surface area contributed by atoms with Crippen molar-refractivity contribution in [3.8, 4) is 6.07 Å². The fourth-order valence-corrected chi connectivity index (χ4v) is 1.92. The molecule has 19 heavy (non-hydrogen) atoms. The van der Waals surface area contributed by atoms with E-state index in [1.54, 1.807) is 18.5 Å². The van der Waals surface area contributed by atoms with Crippen LogP contribution in [0.2, 0.25) is 0 Å². The second kappa shape index (κ2) is 4.75. The number of hydrogen-bond acceptors (Lipinski definition) is 4. The zero-order valence-electron chi connectivity index (χ0n) is 10.0. The maximum absolute atomic E-state index is 9.21. The van der Waals surface area contributed by atoms with E-state index in [2.05, 4.69) is 21.4 Å². The molecule has 0 atom stereocenters. The number of para-hydroxylation sites is 1. The third kappa shape index (κ3) is 2.22. The number of aromatic nitrogens is 2. The molecule has 90 valence electrons. The lowest BCUT2D eigenvalue weighted by Crippen LogP contribution is -1.95. The molecule has 0 amide bonds. The number of nitrogens with one attached hydrogen (secondary N) is 1. The quantitative estimate of drug-likeness (QED) is 0.754. The molecule has 0 saturated heterocycles. The van der Waals surface area contributed by atoms with Crippen molar-refractivity contribution in [2.24, 2.45) is 0 Å². The molecule has 0 spiro atoms. The van der Waals surface area contributed by atoms with Gasteiger partial charge in [-0.3, -0.25) is 4.98 Å². The highest BCUT2D eigenvalue weighted by atomic mass is 15.0. The first-order valence-corrected chi connectivity index (χ1v) is 5.84. The van der Waals surface area contributed by atoms with E-state index in [9.17, 15) is 5.26 Å². The maximum atomic E-state index is 9.21. The summed E-state index contributed by atoms with van der Waals surface area (Å²) in [7, 11) is 0. The first kappa shape index (κ1) is 11.2. The van der Waals surface area contributed by atoms with Gasteiger partial charge in [0.15, 0.2) is 0 Å². The highest BCUT2D eigenvalue weighted by Gasteiger charge is 2.05. The number of rotatable bonds is 2. The number of benzene rings is 1. The van der Waals surface area contributed by atoms with Gasteiger partial charge in [-0.15, -0.1) is 0 Å². The lowest BCUT2D eigenvalue weighted by molar-refractivity contribution is 1.30. The lowest BCUT2D eigenvalue weighted by Gasteiger charge is -2.07. The second-order valence-corrected chi connectivity index (χ2v) is 4.05. The van der Waals surface area contributed by atoms with Gasteiger partial charge < -0.3 is 5.32 Å². The highest BCUT2D eigenvalue weighted by Crippen LogP contribution is 2.22. The number of fused-ring (bicyclic) bond motifs is 1. The van der Waals surface area contributed by atoms with E-state index in [0.29, 0.717) is 11.4 Å². The second-order valence-electron chi connectivity index (χ2n) is 4.05. The highest BCUT2D eigenvalue weighted by molar-refractivity contribution is 5.86. The number of hydrogen-bond donors (Lipinski definition) is 1. The summed E-state index contributed by atoms with van der Waals surface area (Å²) in [6.07, 6.45) is 3.42. The fraction of sp³-hybridized carbons (Fsp3) is 0. The van der Waals surface area contributed by atoms with Crippen molar-refractivity contribution < 1.29 is 0 Å². The summed E-state index contributed by atoms with van der Waals surface area (Å²) in [5, 5.41) is 13.2. The van der Waals surface area contributed by atoms with Crippen LogP contribution in [0.1, 0.15) is 5.56 Å². The molecule has 4 heteroatoms. The standard InChI is InChI=1S/C15H10N4/c16-9-11-8-15(18-12-4-3-7-17-10-12)19-14-6-2-1-5-13(11)14/h1-8,10H,(H,18,19). The minimum absolute atomic E-state index is 0.608. The SMILES string of the molecule is N#Cc1cc(Nc2cccnc2)nc2ccccc12. The first-order valence-electron chi connectivity index (χ1n) is 5.84. The molecule has 3 aromatic rings. The Morgan fingerprint density at radius 1 is 1.11 bits per heavy atom. The summed E-state index contributed by atoms with van der Waals surface area (Å²) < 4.78 is 0. The van der Waals surface area contributed by atoms with Crippen LogP contribution in [-0.4, -0.2) is 9.97 Å². The van der Waals surface area contributed by atoms with Gasteiger partial charge >= 0.3 is 0 Å². The van der Waals surface area contributed by atoms with E-state index in [0.717, 1.165) is 16.6 Å². The third-order valence-corrected chi connectivity index (χ3v) is 2.77. The van der Waals surface area contributed by atoms with Crippen LogP contribution in [0.5, 0.6) is 0 Å². The van der Waals surface area contributed by atoms with Gasteiger partial charge in [0.1, 0.15) is 5.82 Å². The van der Waals surface area contributed by atoms with Crippen LogP contribution in [0.4, 0.5) is 11.5 Å². The summed E-state index contributed by atoms with van der Waals surface area (Å²) in [5.74, 6) is 0.642. The summed E-state index contributed by atoms with van der Waals surface area (Å²) in [6.45, 7) is 0. The zero-order chi connectivity index (χ0) is 13.1. The number of pyridine rings is 2. The molecule has 4 nitrogen and oxygen atoms in total. The molecule has 1 N–H and O–H groups in total. The van der Waals surface area contributed by atoms with E-state index >= 15 is 0 Å². The molecular formula is C15H10N4. The fourth-order valence-electron chi connectivity index (χ4n) is 1.92. The van der Waals surface area contributed by atoms with E-state index in [1.807, 2.05) is 36.4 Å². The molecule has 2 aromatic heterocycles. The van der Waals surface area contributed by atoms with Crippen LogP contribution >= 0.6 is 0 Å². The van der Waals surface area contributed by atoms with Gasteiger partial charge in [-0.2, -0.15) is 5.26 Å². The van der Waals surface area contributed by atoms with Gasteiger partial charge in [-0.25, -0.2) is 4.98 Å². The lowest BCUT2D eigenvalue weighted by atomic mass is 10.1. The Labute approximate surface area is 110 Å². The Morgan fingerprint density at radius 3 is 2.79 bits per heavy atom. The van der Waals surface area contributed by atoms with Crippen LogP contribution in [-0.2, 0) is 0 Å². The molecule has 0 fully saturated rings. The molecule has 0 radical (unpaired) electrons. The van der Waals surface area contributed by atoms with E-state index in [1.165, 1.54) is 0 Å². The van der Waals surface area contributed by atoms with Gasteiger partial charge in [0.2, 0.25) is 0 Å². The maximum Gasteiger partial charge on any atom is 0.132 e. The minimum atomic E-state index is 0.608. The predicted octanol–water partition coefficient (Wildman–Crippen LogP) is 3.25. The van der Waals surface area contributed by atoms with E-state index < -0.39 is 0 Å². The molecular weight excluding hydrogens is 236 g/mol. The van der Waals surface area contributed by atoms with Crippen molar-refractivity contribution in [1.29, 1.82) is 5.26 Å². The summed E-state index contributed by atoms with van der Waals surface area (Å²) >= 11 is 0. The molecule has 1 aromatic carbocycles. The van der Waals surface area contributed by atoms with Crippen LogP contribution < -0.4 is 5.32 Å². The smallest absolute Gasteiger partial charge is 0.132 e. The normalized spacial score (nSPS) is 10.1. The zero-order valence-corrected chi connectivity index (χ0v) is 10.0. The molecule has 2 heterocycles. The first-order chi connectivity index (χ1) is 9.36. The average Bonchev–Trinajstić information content (AvgIpc) is 2.47. The van der Waals surface area contributed by atoms with Gasteiger partial charge in [0.05, 0.1) is 29.0 Å². The van der Waals surface area contributed by atoms with Crippen LogP contribution in [0.15, 0.2) is 54.9 Å². The molecule has 0 saturated carbocycles. The predicted molar refractivity (Wildman–Crippen MR) is 74.0 cm³/mol. The molecule has 0 aliphatic carbocycles. The van der Waals surface area contributed by atoms with Crippen LogP contribution in [0.25, 0.3) is 10.9 Å². The number of nitrogens with zero attached hydrogens (tertiary/aromatic N) is 3. The molecule has 0 aliphatic rings. The largest absolute Gasteiger partial charge is 0.339 e. The molecule has 3 rings (SSSR count). The molecule has 0 aliphatic heterocycles. The Hall–Kier alpha value is -2.93. The summed E-state index contributed by atoms with van der Waals surface area (Å²) in [4.78, 5) is 8.52. The molecule has 0 bridgehead atoms. The number of anilines is 2. The van der Waals surface area contributed by atoms with Crippen LogP contribution in [0, 0.1) is 11.3 Å². The third-order valence-electron chi connectivity index (χ3n) is 2.77. The Bertz CT molecular complexity index is 760. The van der Waals surface area contributed by atoms with Crippen molar-refractivity contribution in [2.45, 2.75) is 0 Å². The van der Waals surface area contributed by atoms with Crippen molar-refractivity contribution in [3.63, 3.8) is 0 Å². The average molecular weight is 246 g/mol. The Morgan fingerprint density at radius 2 is 2.00 bits per heavy atom. The topological polar surface area (TPSA) is 61.6 Å². The summed E-state index contributed by atoms with van der Waals surface area (Å²) in [5.41, 5.74) is 2.25. The minimum Gasteiger partial charge on any atom is -0.339 e. The molecule has 0 unspecified atom stereocenters. The monoisotopic (exact) mass is 246 g/mol.